The Hall–Kier alpha value is -0.790. The Labute approximate surface area is 94.4 Å². The van der Waals surface area contributed by atoms with Gasteiger partial charge in [-0.1, -0.05) is 32.3 Å². The summed E-state index contributed by atoms with van der Waals surface area (Å²) in [7, 11) is 0. The summed E-state index contributed by atoms with van der Waals surface area (Å²) in [5.41, 5.74) is 1.19. The van der Waals surface area contributed by atoms with Gasteiger partial charge in [0.05, 0.1) is 0 Å². The summed E-state index contributed by atoms with van der Waals surface area (Å²) in [5, 5.41) is 0. The summed E-state index contributed by atoms with van der Waals surface area (Å²) in [6.45, 7) is 10.4. The average molecular weight is 211 g/mol. The number of aliphatic imine (C=N–C) groups is 1. The van der Waals surface area contributed by atoms with Gasteiger partial charge in [0.2, 0.25) is 0 Å². The van der Waals surface area contributed by atoms with Crippen LogP contribution in [0.25, 0.3) is 0 Å². The molecule has 0 saturated heterocycles. The van der Waals surface area contributed by atoms with Crippen molar-refractivity contribution in [3.63, 3.8) is 0 Å². The van der Waals surface area contributed by atoms with Gasteiger partial charge in [-0.2, -0.15) is 0 Å². The van der Waals surface area contributed by atoms with Gasteiger partial charge in [-0.25, -0.2) is 4.99 Å². The fraction of sp³-hybridized carbons (Fsp3) is 0.769. The monoisotopic (exact) mass is 211 g/mol. The highest BCUT2D eigenvalue weighted by Crippen LogP contribution is 2.10. The summed E-state index contributed by atoms with van der Waals surface area (Å²) in [4.78, 5) is 4.26. The van der Waals surface area contributed by atoms with E-state index in [2.05, 4.69) is 18.8 Å². The van der Waals surface area contributed by atoms with Gasteiger partial charge in [0.1, 0.15) is 6.10 Å². The topological polar surface area (TPSA) is 21.6 Å². The van der Waals surface area contributed by atoms with Crippen molar-refractivity contribution in [1.29, 1.82) is 0 Å². The zero-order valence-electron chi connectivity index (χ0n) is 10.8. The second kappa shape index (κ2) is 8.51. The zero-order chi connectivity index (χ0) is 11.7. The minimum atomic E-state index is 0.342. The molecule has 0 saturated carbocycles. The molecule has 88 valence electrons. The van der Waals surface area contributed by atoms with Crippen LogP contribution in [0.4, 0.5) is 0 Å². The smallest absolute Gasteiger partial charge is 0.184 e. The van der Waals surface area contributed by atoms with E-state index < -0.39 is 0 Å². The van der Waals surface area contributed by atoms with Gasteiger partial charge in [-0.3, -0.25) is 0 Å². The third-order valence-electron chi connectivity index (χ3n) is 2.06. The van der Waals surface area contributed by atoms with E-state index in [0.717, 1.165) is 18.7 Å². The molecule has 0 unspecified atom stereocenters. The maximum Gasteiger partial charge on any atom is 0.184 e. The highest BCUT2D eigenvalue weighted by atomic mass is 16.5. The van der Waals surface area contributed by atoms with E-state index in [1.54, 1.807) is 0 Å². The minimum Gasteiger partial charge on any atom is -0.478 e. The quantitative estimate of drug-likeness (QED) is 0.474. The molecular formula is C13H25NO. The van der Waals surface area contributed by atoms with E-state index in [-0.39, 0.29) is 0 Å². The van der Waals surface area contributed by atoms with Gasteiger partial charge in [0, 0.05) is 13.1 Å². The molecule has 0 aromatic heterocycles. The molecule has 0 aromatic rings. The molecule has 0 aromatic carbocycles. The highest BCUT2D eigenvalue weighted by Gasteiger charge is 2.07. The van der Waals surface area contributed by atoms with Gasteiger partial charge >= 0.3 is 0 Å². The predicted molar refractivity (Wildman–Crippen MR) is 67.2 cm³/mol. The lowest BCUT2D eigenvalue weighted by molar-refractivity contribution is 0.164. The number of rotatable bonds is 6. The maximum absolute atomic E-state index is 5.79. The third-order valence-corrected chi connectivity index (χ3v) is 2.06. The SMILES string of the molecule is CCCC(CCC)OC(C)=NC=C(C)C. The van der Waals surface area contributed by atoms with Crippen LogP contribution in [0.5, 0.6) is 0 Å². The number of hydrogen-bond acceptors (Lipinski definition) is 2. The van der Waals surface area contributed by atoms with Gasteiger partial charge < -0.3 is 4.74 Å². The summed E-state index contributed by atoms with van der Waals surface area (Å²) in [6, 6.07) is 0. The molecule has 0 bridgehead atoms. The number of ether oxygens (including phenoxy) is 1. The normalized spacial score (nSPS) is 11.7. The lowest BCUT2D eigenvalue weighted by Gasteiger charge is -2.16. The van der Waals surface area contributed by atoms with Crippen LogP contribution in [0.3, 0.4) is 0 Å². The first kappa shape index (κ1) is 14.2. The Kier molecular flexibility index (Phi) is 8.06. The Morgan fingerprint density at radius 1 is 1.13 bits per heavy atom. The van der Waals surface area contributed by atoms with Crippen LogP contribution >= 0.6 is 0 Å². The van der Waals surface area contributed by atoms with Crippen molar-refractivity contribution in [3.05, 3.63) is 11.8 Å². The van der Waals surface area contributed by atoms with Crippen LogP contribution in [0.1, 0.15) is 60.3 Å². The van der Waals surface area contributed by atoms with Crippen molar-refractivity contribution in [2.75, 3.05) is 0 Å². The van der Waals surface area contributed by atoms with E-state index >= 15 is 0 Å². The summed E-state index contributed by atoms with van der Waals surface area (Å²) >= 11 is 0. The van der Waals surface area contributed by atoms with Crippen LogP contribution in [-0.4, -0.2) is 12.0 Å². The minimum absolute atomic E-state index is 0.342. The molecule has 0 radical (unpaired) electrons. The molecule has 0 amide bonds. The Morgan fingerprint density at radius 2 is 1.67 bits per heavy atom. The van der Waals surface area contributed by atoms with Crippen LogP contribution in [0, 0.1) is 0 Å². The van der Waals surface area contributed by atoms with Crippen molar-refractivity contribution >= 4 is 5.90 Å². The third kappa shape index (κ3) is 8.22. The first-order valence-corrected chi connectivity index (χ1v) is 5.94. The molecule has 0 aliphatic rings. The van der Waals surface area contributed by atoms with Crippen molar-refractivity contribution in [3.8, 4) is 0 Å². The van der Waals surface area contributed by atoms with Crippen LogP contribution in [0.15, 0.2) is 16.8 Å². The van der Waals surface area contributed by atoms with E-state index in [4.69, 9.17) is 4.74 Å². The fourth-order valence-electron chi connectivity index (χ4n) is 1.40. The van der Waals surface area contributed by atoms with Gasteiger partial charge in [0.25, 0.3) is 0 Å². The second-order valence-corrected chi connectivity index (χ2v) is 4.17. The number of allylic oxidation sites excluding steroid dienone is 1. The molecule has 0 heterocycles. The molecule has 0 rings (SSSR count). The first-order chi connectivity index (χ1) is 7.10. The molecule has 0 spiro atoms. The van der Waals surface area contributed by atoms with E-state index in [9.17, 15) is 0 Å². The molecule has 2 heteroatoms. The van der Waals surface area contributed by atoms with Gasteiger partial charge in [-0.05, 0) is 26.7 Å². The largest absolute Gasteiger partial charge is 0.478 e. The van der Waals surface area contributed by atoms with E-state index in [0.29, 0.717) is 6.10 Å². The van der Waals surface area contributed by atoms with E-state index in [1.165, 1.54) is 18.4 Å². The molecule has 0 aliphatic carbocycles. The lowest BCUT2D eigenvalue weighted by atomic mass is 10.1. The second-order valence-electron chi connectivity index (χ2n) is 4.17. The first-order valence-electron chi connectivity index (χ1n) is 5.94. The molecular weight excluding hydrogens is 186 g/mol. The van der Waals surface area contributed by atoms with Crippen LogP contribution < -0.4 is 0 Å². The molecule has 15 heavy (non-hydrogen) atoms. The Bertz CT molecular complexity index is 209. The summed E-state index contributed by atoms with van der Waals surface area (Å²) in [6.07, 6.45) is 6.77. The summed E-state index contributed by atoms with van der Waals surface area (Å²) in [5.74, 6) is 0.781. The predicted octanol–water partition coefficient (Wildman–Crippen LogP) is 4.31. The van der Waals surface area contributed by atoms with Crippen molar-refractivity contribution in [1.82, 2.24) is 0 Å². The van der Waals surface area contributed by atoms with Crippen LogP contribution in [-0.2, 0) is 4.74 Å². The summed E-state index contributed by atoms with van der Waals surface area (Å²) < 4.78 is 5.79. The number of hydrogen-bond donors (Lipinski definition) is 0. The van der Waals surface area contributed by atoms with Gasteiger partial charge in [0.15, 0.2) is 5.90 Å². The molecule has 0 atom stereocenters. The average Bonchev–Trinajstić information content (AvgIpc) is 2.15. The maximum atomic E-state index is 5.79. The molecule has 2 nitrogen and oxygen atoms in total. The standard InChI is InChI=1S/C13H25NO/c1-6-8-13(9-7-2)15-12(5)14-10-11(3)4/h10,13H,6-9H2,1-5H3. The molecule has 0 aliphatic heterocycles. The zero-order valence-corrected chi connectivity index (χ0v) is 10.8. The van der Waals surface area contributed by atoms with Crippen molar-refractivity contribution in [2.45, 2.75) is 66.4 Å². The lowest BCUT2D eigenvalue weighted by Crippen LogP contribution is -2.15. The molecule has 0 N–H and O–H groups in total. The molecule has 0 fully saturated rings. The van der Waals surface area contributed by atoms with Gasteiger partial charge in [-0.15, -0.1) is 0 Å². The number of nitrogens with zero attached hydrogens (tertiary/aromatic N) is 1. The van der Waals surface area contributed by atoms with Crippen molar-refractivity contribution < 1.29 is 4.74 Å². The highest BCUT2D eigenvalue weighted by molar-refractivity contribution is 5.74. The van der Waals surface area contributed by atoms with E-state index in [1.807, 2.05) is 27.0 Å². The fourth-order valence-corrected chi connectivity index (χ4v) is 1.40. The van der Waals surface area contributed by atoms with Crippen molar-refractivity contribution in [2.24, 2.45) is 4.99 Å². The Balaban J connectivity index is 4.14. The van der Waals surface area contributed by atoms with Crippen LogP contribution in [0.2, 0.25) is 0 Å². The Morgan fingerprint density at radius 3 is 2.07 bits per heavy atom.